The summed E-state index contributed by atoms with van der Waals surface area (Å²) in [4.78, 5) is 12.1. The fraction of sp³-hybridized carbons (Fsp3) is 0.562. The van der Waals surface area contributed by atoms with Crippen LogP contribution in [0.2, 0.25) is 0 Å². The topological polar surface area (TPSA) is 41.1 Å². The van der Waals surface area contributed by atoms with Gasteiger partial charge in [0, 0.05) is 18.2 Å². The van der Waals surface area contributed by atoms with Crippen molar-refractivity contribution in [2.45, 2.75) is 39.2 Å². The Morgan fingerprint density at radius 2 is 2.21 bits per heavy atom. The Hall–Kier alpha value is -1.35. The van der Waals surface area contributed by atoms with Crippen LogP contribution in [0.5, 0.6) is 0 Å². The van der Waals surface area contributed by atoms with Crippen LogP contribution in [-0.2, 0) is 6.42 Å². The van der Waals surface area contributed by atoms with Crippen molar-refractivity contribution in [1.29, 1.82) is 0 Å². The number of amides is 1. The predicted molar refractivity (Wildman–Crippen MR) is 78.4 cm³/mol. The number of carbonyl (C=O) groups excluding carboxylic acids is 1. The van der Waals surface area contributed by atoms with E-state index in [-0.39, 0.29) is 5.91 Å². The zero-order chi connectivity index (χ0) is 13.8. The minimum atomic E-state index is 0.0772. The molecule has 0 radical (unpaired) electrons. The molecular formula is C16H24N2O. The van der Waals surface area contributed by atoms with E-state index >= 15 is 0 Å². The summed E-state index contributed by atoms with van der Waals surface area (Å²) >= 11 is 0. The second-order valence-corrected chi connectivity index (χ2v) is 5.43. The van der Waals surface area contributed by atoms with Crippen LogP contribution in [0.15, 0.2) is 18.2 Å². The highest BCUT2D eigenvalue weighted by molar-refractivity contribution is 5.96. The van der Waals surface area contributed by atoms with Crippen molar-refractivity contribution in [1.82, 2.24) is 10.6 Å². The lowest BCUT2D eigenvalue weighted by atomic mass is 9.90. The maximum atomic E-state index is 12.1. The van der Waals surface area contributed by atoms with Crippen LogP contribution < -0.4 is 10.6 Å². The molecule has 1 aromatic carbocycles. The zero-order valence-electron chi connectivity index (χ0n) is 12.1. The normalized spacial score (nSPS) is 18.2. The molecule has 19 heavy (non-hydrogen) atoms. The van der Waals surface area contributed by atoms with E-state index in [0.29, 0.717) is 12.0 Å². The first-order valence-electron chi connectivity index (χ1n) is 7.25. The summed E-state index contributed by atoms with van der Waals surface area (Å²) in [7, 11) is 1.99. The molecule has 3 nitrogen and oxygen atoms in total. The van der Waals surface area contributed by atoms with Crippen LogP contribution in [0.3, 0.4) is 0 Å². The highest BCUT2D eigenvalue weighted by Crippen LogP contribution is 2.27. The maximum Gasteiger partial charge on any atom is 0.251 e. The monoisotopic (exact) mass is 260 g/mol. The Bertz CT molecular complexity index is 456. The highest BCUT2D eigenvalue weighted by atomic mass is 16.1. The molecule has 1 amide bonds. The molecule has 2 atom stereocenters. The predicted octanol–water partition coefficient (Wildman–Crippen LogP) is 2.67. The minimum Gasteiger partial charge on any atom is -0.352 e. The molecule has 0 bridgehead atoms. The molecule has 0 fully saturated rings. The zero-order valence-corrected chi connectivity index (χ0v) is 12.1. The van der Waals surface area contributed by atoms with Gasteiger partial charge in [0.2, 0.25) is 0 Å². The Kier molecular flexibility index (Phi) is 4.59. The molecule has 1 heterocycles. The molecule has 2 rings (SSSR count). The van der Waals surface area contributed by atoms with Gasteiger partial charge in [-0.2, -0.15) is 0 Å². The average molecular weight is 260 g/mol. The molecule has 104 valence electrons. The number of aryl methyl sites for hydroxylation is 1. The Morgan fingerprint density at radius 1 is 1.42 bits per heavy atom. The van der Waals surface area contributed by atoms with Gasteiger partial charge in [-0.25, -0.2) is 0 Å². The second kappa shape index (κ2) is 6.20. The van der Waals surface area contributed by atoms with Crippen molar-refractivity contribution in [2.75, 3.05) is 13.6 Å². The summed E-state index contributed by atoms with van der Waals surface area (Å²) in [5.41, 5.74) is 3.25. The SMILES string of the molecule is CCC(C)C(NC)c1ccc2c(c1)C(=O)NCCC2. The van der Waals surface area contributed by atoms with Crippen molar-refractivity contribution < 1.29 is 4.79 Å². The quantitative estimate of drug-likeness (QED) is 0.874. The molecule has 3 heteroatoms. The van der Waals surface area contributed by atoms with Gasteiger partial charge in [-0.1, -0.05) is 32.4 Å². The van der Waals surface area contributed by atoms with E-state index in [9.17, 15) is 4.79 Å². The molecule has 0 saturated heterocycles. The van der Waals surface area contributed by atoms with Crippen molar-refractivity contribution in [3.63, 3.8) is 0 Å². The third-order valence-electron chi connectivity index (χ3n) is 4.17. The lowest BCUT2D eigenvalue weighted by Gasteiger charge is -2.23. The highest BCUT2D eigenvalue weighted by Gasteiger charge is 2.20. The maximum absolute atomic E-state index is 12.1. The summed E-state index contributed by atoms with van der Waals surface area (Å²) in [6, 6.07) is 6.68. The van der Waals surface area contributed by atoms with Gasteiger partial charge in [0.1, 0.15) is 0 Å². The first kappa shape index (κ1) is 14.1. The summed E-state index contributed by atoms with van der Waals surface area (Å²) in [6.45, 7) is 5.22. The van der Waals surface area contributed by atoms with E-state index in [0.717, 1.165) is 31.4 Å². The lowest BCUT2D eigenvalue weighted by Crippen LogP contribution is -2.25. The first-order chi connectivity index (χ1) is 9.17. The third-order valence-corrected chi connectivity index (χ3v) is 4.17. The summed E-state index contributed by atoms with van der Waals surface area (Å²) in [5.74, 6) is 0.630. The van der Waals surface area contributed by atoms with Gasteiger partial charge in [-0.05, 0) is 43.0 Å². The van der Waals surface area contributed by atoms with Crippen molar-refractivity contribution in [2.24, 2.45) is 5.92 Å². The van der Waals surface area contributed by atoms with Crippen molar-refractivity contribution in [3.8, 4) is 0 Å². The number of hydrogen-bond acceptors (Lipinski definition) is 2. The van der Waals surface area contributed by atoms with E-state index in [1.165, 1.54) is 11.1 Å². The minimum absolute atomic E-state index is 0.0772. The Morgan fingerprint density at radius 3 is 2.89 bits per heavy atom. The number of hydrogen-bond donors (Lipinski definition) is 2. The van der Waals surface area contributed by atoms with Crippen LogP contribution in [0.1, 0.15) is 54.2 Å². The number of nitrogens with one attached hydrogen (secondary N) is 2. The van der Waals surface area contributed by atoms with Crippen LogP contribution in [-0.4, -0.2) is 19.5 Å². The summed E-state index contributed by atoms with van der Waals surface area (Å²) in [5, 5.41) is 6.34. The molecule has 1 aromatic rings. The van der Waals surface area contributed by atoms with Crippen molar-refractivity contribution >= 4 is 5.91 Å². The van der Waals surface area contributed by atoms with Gasteiger partial charge in [-0.3, -0.25) is 4.79 Å². The smallest absolute Gasteiger partial charge is 0.251 e. The van der Waals surface area contributed by atoms with E-state index in [4.69, 9.17) is 0 Å². The van der Waals surface area contributed by atoms with Gasteiger partial charge < -0.3 is 10.6 Å². The molecule has 2 unspecified atom stereocenters. The fourth-order valence-corrected chi connectivity index (χ4v) is 2.81. The van der Waals surface area contributed by atoms with E-state index in [1.807, 2.05) is 7.05 Å². The van der Waals surface area contributed by atoms with Crippen LogP contribution in [0.25, 0.3) is 0 Å². The second-order valence-electron chi connectivity index (χ2n) is 5.43. The van der Waals surface area contributed by atoms with E-state index < -0.39 is 0 Å². The molecule has 0 spiro atoms. The van der Waals surface area contributed by atoms with Gasteiger partial charge in [0.25, 0.3) is 5.91 Å². The first-order valence-corrected chi connectivity index (χ1v) is 7.25. The van der Waals surface area contributed by atoms with Gasteiger partial charge in [0.05, 0.1) is 0 Å². The van der Waals surface area contributed by atoms with Gasteiger partial charge >= 0.3 is 0 Å². The summed E-state index contributed by atoms with van der Waals surface area (Å²) in [6.07, 6.45) is 3.13. The largest absolute Gasteiger partial charge is 0.352 e. The van der Waals surface area contributed by atoms with Crippen molar-refractivity contribution in [3.05, 3.63) is 34.9 Å². The molecule has 0 aromatic heterocycles. The van der Waals surface area contributed by atoms with E-state index in [2.05, 4.69) is 42.7 Å². The number of benzene rings is 1. The fourth-order valence-electron chi connectivity index (χ4n) is 2.81. The lowest BCUT2D eigenvalue weighted by molar-refractivity contribution is 0.0956. The molecule has 0 saturated carbocycles. The molecular weight excluding hydrogens is 236 g/mol. The van der Waals surface area contributed by atoms with Gasteiger partial charge in [0.15, 0.2) is 0 Å². The number of rotatable bonds is 4. The van der Waals surface area contributed by atoms with E-state index in [1.54, 1.807) is 0 Å². The Balaban J connectivity index is 2.36. The molecule has 1 aliphatic rings. The Labute approximate surface area is 115 Å². The standard InChI is InChI=1S/C16H24N2O/c1-4-11(2)15(17-3)13-8-7-12-6-5-9-18-16(19)14(12)10-13/h7-8,10-11,15,17H,4-6,9H2,1-3H3,(H,18,19). The average Bonchev–Trinajstić information content (AvgIpc) is 2.61. The molecule has 1 aliphatic heterocycles. The van der Waals surface area contributed by atoms with Gasteiger partial charge in [-0.15, -0.1) is 0 Å². The summed E-state index contributed by atoms with van der Waals surface area (Å²) < 4.78 is 0. The molecule has 0 aliphatic carbocycles. The van der Waals surface area contributed by atoms with Crippen LogP contribution in [0.4, 0.5) is 0 Å². The number of carbonyl (C=O) groups is 1. The molecule has 2 N–H and O–H groups in total. The number of fused-ring (bicyclic) bond motifs is 1. The van der Waals surface area contributed by atoms with Crippen LogP contribution >= 0.6 is 0 Å². The third kappa shape index (κ3) is 2.98. The van der Waals surface area contributed by atoms with Crippen LogP contribution in [0, 0.1) is 5.92 Å².